The van der Waals surface area contributed by atoms with E-state index in [4.69, 9.17) is 9.52 Å². The average molecular weight is 278 g/mol. The van der Waals surface area contributed by atoms with E-state index in [1.807, 2.05) is 12.2 Å². The molecule has 0 fully saturated rings. The number of hydrogen-bond donors (Lipinski definition) is 2. The number of allylic oxidation sites excluding steroid dienone is 2. The second-order valence-electron chi connectivity index (χ2n) is 5.03. The highest BCUT2D eigenvalue weighted by molar-refractivity contribution is 5.85. The van der Waals surface area contributed by atoms with Crippen molar-refractivity contribution < 1.29 is 19.1 Å². The van der Waals surface area contributed by atoms with Crippen LogP contribution in [0.1, 0.15) is 37.5 Å². The molecular formula is C14H18N2O4. The lowest BCUT2D eigenvalue weighted by Gasteiger charge is -2.25. The van der Waals surface area contributed by atoms with Crippen LogP contribution in [0.25, 0.3) is 0 Å². The summed E-state index contributed by atoms with van der Waals surface area (Å²) in [5.74, 6) is -1.33. The number of carbonyl (C=O) groups excluding carboxylic acids is 1. The van der Waals surface area contributed by atoms with E-state index >= 15 is 0 Å². The van der Waals surface area contributed by atoms with Gasteiger partial charge in [-0.05, 0) is 26.7 Å². The number of hydrogen-bond acceptors (Lipinski definition) is 4. The maximum Gasteiger partial charge on any atom is 0.307 e. The SMILES string of the molecule is Cc1cnc(C(C)NC(=O)[C@@H]2CC=CC[C@@H]2C(=O)O)o1. The van der Waals surface area contributed by atoms with Crippen molar-refractivity contribution in [2.24, 2.45) is 11.8 Å². The minimum atomic E-state index is -0.936. The molecule has 6 heteroatoms. The van der Waals surface area contributed by atoms with Crippen molar-refractivity contribution in [1.29, 1.82) is 0 Å². The molecule has 1 aromatic heterocycles. The number of carbonyl (C=O) groups is 2. The molecule has 2 N–H and O–H groups in total. The van der Waals surface area contributed by atoms with Crippen molar-refractivity contribution in [3.05, 3.63) is 30.0 Å². The molecule has 1 heterocycles. The monoisotopic (exact) mass is 278 g/mol. The molecule has 0 aliphatic heterocycles. The van der Waals surface area contributed by atoms with Gasteiger partial charge < -0.3 is 14.8 Å². The quantitative estimate of drug-likeness (QED) is 0.820. The first-order chi connectivity index (χ1) is 9.49. The summed E-state index contributed by atoms with van der Waals surface area (Å²) < 4.78 is 5.35. The summed E-state index contributed by atoms with van der Waals surface area (Å²) in [5.41, 5.74) is 0. The molecular weight excluding hydrogens is 260 g/mol. The number of carboxylic acid groups (broad SMARTS) is 1. The lowest BCUT2D eigenvalue weighted by atomic mass is 9.82. The van der Waals surface area contributed by atoms with Crippen LogP contribution in [-0.4, -0.2) is 22.0 Å². The van der Waals surface area contributed by atoms with Crippen LogP contribution in [0.3, 0.4) is 0 Å². The van der Waals surface area contributed by atoms with Gasteiger partial charge in [0.25, 0.3) is 0 Å². The van der Waals surface area contributed by atoms with Gasteiger partial charge in [-0.2, -0.15) is 0 Å². The van der Waals surface area contributed by atoms with Crippen LogP contribution in [-0.2, 0) is 9.59 Å². The van der Waals surface area contributed by atoms with Gasteiger partial charge in [0, 0.05) is 0 Å². The molecule has 1 aliphatic rings. The molecule has 20 heavy (non-hydrogen) atoms. The number of rotatable bonds is 4. The molecule has 108 valence electrons. The predicted octanol–water partition coefficient (Wildman–Crippen LogP) is 1.83. The highest BCUT2D eigenvalue weighted by Crippen LogP contribution is 2.27. The second kappa shape index (κ2) is 5.90. The molecule has 0 spiro atoms. The standard InChI is InChI=1S/C14H18N2O4/c1-8-7-15-13(20-8)9(2)16-12(17)10-5-3-4-6-11(10)14(18)19/h3-4,7,9-11H,5-6H2,1-2H3,(H,16,17)(H,18,19)/t9?,10-,11+/m1/s1. The summed E-state index contributed by atoms with van der Waals surface area (Å²) in [5, 5.41) is 11.9. The Morgan fingerprint density at radius 1 is 1.40 bits per heavy atom. The molecule has 1 aliphatic carbocycles. The number of nitrogens with zero attached hydrogens (tertiary/aromatic N) is 1. The van der Waals surface area contributed by atoms with Gasteiger partial charge in [-0.3, -0.25) is 9.59 Å². The summed E-state index contributed by atoms with van der Waals surface area (Å²) in [6, 6.07) is -0.378. The van der Waals surface area contributed by atoms with Gasteiger partial charge in [-0.1, -0.05) is 12.2 Å². The fourth-order valence-corrected chi connectivity index (χ4v) is 2.33. The zero-order valence-corrected chi connectivity index (χ0v) is 11.5. The Morgan fingerprint density at radius 3 is 2.60 bits per heavy atom. The highest BCUT2D eigenvalue weighted by atomic mass is 16.4. The fourth-order valence-electron chi connectivity index (χ4n) is 2.33. The lowest BCUT2D eigenvalue weighted by Crippen LogP contribution is -2.39. The summed E-state index contributed by atoms with van der Waals surface area (Å²) in [6.45, 7) is 3.54. The van der Waals surface area contributed by atoms with Gasteiger partial charge in [0.2, 0.25) is 11.8 Å². The predicted molar refractivity (Wildman–Crippen MR) is 70.8 cm³/mol. The molecule has 1 amide bonds. The van der Waals surface area contributed by atoms with E-state index in [9.17, 15) is 9.59 Å². The lowest BCUT2D eigenvalue weighted by molar-refractivity contribution is -0.147. The summed E-state index contributed by atoms with van der Waals surface area (Å²) in [7, 11) is 0. The number of oxazole rings is 1. The fraction of sp³-hybridized carbons (Fsp3) is 0.500. The first kappa shape index (κ1) is 14.3. The summed E-state index contributed by atoms with van der Waals surface area (Å²) >= 11 is 0. The third kappa shape index (κ3) is 3.07. The van der Waals surface area contributed by atoms with Crippen LogP contribution in [0.4, 0.5) is 0 Å². The minimum absolute atomic E-state index is 0.273. The Morgan fingerprint density at radius 2 is 2.05 bits per heavy atom. The number of aromatic nitrogens is 1. The highest BCUT2D eigenvalue weighted by Gasteiger charge is 2.34. The largest absolute Gasteiger partial charge is 0.481 e. The van der Waals surface area contributed by atoms with Crippen molar-refractivity contribution in [1.82, 2.24) is 10.3 Å². The van der Waals surface area contributed by atoms with E-state index in [0.29, 0.717) is 24.5 Å². The van der Waals surface area contributed by atoms with Crippen LogP contribution in [0, 0.1) is 18.8 Å². The first-order valence-corrected chi connectivity index (χ1v) is 6.59. The van der Waals surface area contributed by atoms with Gasteiger partial charge in [-0.15, -0.1) is 0 Å². The van der Waals surface area contributed by atoms with Gasteiger partial charge >= 0.3 is 5.97 Å². The molecule has 0 bridgehead atoms. The van der Waals surface area contributed by atoms with Gasteiger partial charge in [0.15, 0.2) is 0 Å². The van der Waals surface area contributed by atoms with Gasteiger partial charge in [-0.25, -0.2) is 4.98 Å². The number of carboxylic acids is 1. The topological polar surface area (TPSA) is 92.4 Å². The van der Waals surface area contributed by atoms with E-state index in [2.05, 4.69) is 10.3 Å². The molecule has 0 aromatic carbocycles. The minimum Gasteiger partial charge on any atom is -0.481 e. The van der Waals surface area contributed by atoms with Crippen molar-refractivity contribution in [3.8, 4) is 0 Å². The summed E-state index contributed by atoms with van der Waals surface area (Å²) in [6.07, 6.45) is 6.08. The van der Waals surface area contributed by atoms with E-state index in [0.717, 1.165) is 0 Å². The van der Waals surface area contributed by atoms with Crippen molar-refractivity contribution >= 4 is 11.9 Å². The van der Waals surface area contributed by atoms with Crippen LogP contribution in [0.5, 0.6) is 0 Å². The van der Waals surface area contributed by atoms with Gasteiger partial charge in [0.05, 0.1) is 18.0 Å². The Hall–Kier alpha value is -2.11. The van der Waals surface area contributed by atoms with Crippen LogP contribution >= 0.6 is 0 Å². The molecule has 1 unspecified atom stereocenters. The Labute approximate surface area is 116 Å². The molecule has 0 radical (unpaired) electrons. The Balaban J connectivity index is 2.03. The van der Waals surface area contributed by atoms with Crippen LogP contribution in [0.15, 0.2) is 22.8 Å². The first-order valence-electron chi connectivity index (χ1n) is 6.59. The maximum absolute atomic E-state index is 12.2. The number of nitrogens with one attached hydrogen (secondary N) is 1. The Kier molecular flexibility index (Phi) is 4.22. The van der Waals surface area contributed by atoms with E-state index in [-0.39, 0.29) is 11.9 Å². The number of aryl methyl sites for hydroxylation is 1. The molecule has 2 rings (SSSR count). The van der Waals surface area contributed by atoms with E-state index < -0.39 is 17.8 Å². The number of amides is 1. The van der Waals surface area contributed by atoms with Crippen molar-refractivity contribution in [2.75, 3.05) is 0 Å². The summed E-state index contributed by atoms with van der Waals surface area (Å²) in [4.78, 5) is 27.5. The van der Waals surface area contributed by atoms with E-state index in [1.54, 1.807) is 20.0 Å². The Bertz CT molecular complexity index is 535. The van der Waals surface area contributed by atoms with Crippen molar-refractivity contribution in [3.63, 3.8) is 0 Å². The smallest absolute Gasteiger partial charge is 0.307 e. The molecule has 1 aromatic rings. The molecule has 6 nitrogen and oxygen atoms in total. The van der Waals surface area contributed by atoms with Crippen molar-refractivity contribution in [2.45, 2.75) is 32.7 Å². The third-order valence-corrected chi connectivity index (χ3v) is 3.45. The third-order valence-electron chi connectivity index (χ3n) is 3.45. The molecule has 0 saturated carbocycles. The molecule has 0 saturated heterocycles. The maximum atomic E-state index is 12.2. The van der Waals surface area contributed by atoms with Gasteiger partial charge in [0.1, 0.15) is 11.8 Å². The zero-order chi connectivity index (χ0) is 14.7. The zero-order valence-electron chi connectivity index (χ0n) is 11.5. The normalized spacial score (nSPS) is 23.3. The average Bonchev–Trinajstić information content (AvgIpc) is 2.85. The van der Waals surface area contributed by atoms with E-state index in [1.165, 1.54) is 0 Å². The molecule has 3 atom stereocenters. The second-order valence-corrected chi connectivity index (χ2v) is 5.03. The number of aliphatic carboxylic acids is 1. The van der Waals surface area contributed by atoms with Crippen LogP contribution < -0.4 is 5.32 Å². The van der Waals surface area contributed by atoms with Crippen LogP contribution in [0.2, 0.25) is 0 Å².